The van der Waals surface area contributed by atoms with Crippen molar-refractivity contribution in [3.63, 3.8) is 0 Å². The summed E-state index contributed by atoms with van der Waals surface area (Å²) in [4.78, 5) is 29.7. The Balaban J connectivity index is 1.47. The van der Waals surface area contributed by atoms with E-state index in [-0.39, 0.29) is 18.1 Å². The first-order chi connectivity index (χ1) is 12.6. The van der Waals surface area contributed by atoms with Crippen LogP contribution in [-0.4, -0.2) is 40.5 Å². The van der Waals surface area contributed by atoms with E-state index >= 15 is 0 Å². The second-order valence-corrected chi connectivity index (χ2v) is 8.26. The van der Waals surface area contributed by atoms with E-state index in [4.69, 9.17) is 10.00 Å². The maximum Gasteiger partial charge on any atom is 0.355 e. The number of nitriles is 1. The second kappa shape index (κ2) is 6.79. The highest BCUT2D eigenvalue weighted by atomic mass is 16.5. The van der Waals surface area contributed by atoms with Gasteiger partial charge in [0.2, 0.25) is 0 Å². The Morgan fingerprint density at radius 2 is 1.88 bits per heavy atom. The number of aromatic nitrogens is 1. The monoisotopic (exact) mass is 355 g/mol. The lowest BCUT2D eigenvalue weighted by Gasteiger charge is -2.60. The van der Waals surface area contributed by atoms with Gasteiger partial charge in [-0.1, -0.05) is 0 Å². The summed E-state index contributed by atoms with van der Waals surface area (Å²) in [6, 6.07) is 5.51. The smallest absolute Gasteiger partial charge is 0.355 e. The molecule has 4 aliphatic rings. The van der Waals surface area contributed by atoms with Crippen molar-refractivity contribution in [3.05, 3.63) is 24.0 Å². The molecule has 0 spiro atoms. The lowest BCUT2D eigenvalue weighted by atomic mass is 9.52. The quantitative estimate of drug-likeness (QED) is 0.795. The van der Waals surface area contributed by atoms with Crippen molar-refractivity contribution in [1.82, 2.24) is 9.88 Å². The number of nitrogens with zero attached hydrogens (tertiary/aromatic N) is 2. The highest BCUT2D eigenvalue weighted by molar-refractivity contribution is 5.89. The lowest BCUT2D eigenvalue weighted by molar-refractivity contribution is -0.153. The molecule has 6 heteroatoms. The van der Waals surface area contributed by atoms with Gasteiger partial charge in [0, 0.05) is 18.3 Å². The van der Waals surface area contributed by atoms with Crippen LogP contribution in [0.2, 0.25) is 0 Å². The van der Waals surface area contributed by atoms with Gasteiger partial charge in [-0.15, -0.1) is 0 Å². The number of carbonyl (C=O) groups excluding carboxylic acids is 2. The number of carbonyl (C=O) groups is 2. The van der Waals surface area contributed by atoms with Crippen LogP contribution in [0.5, 0.6) is 0 Å². The van der Waals surface area contributed by atoms with Crippen LogP contribution in [0.1, 0.15) is 55.4 Å². The highest BCUT2D eigenvalue weighted by Crippen LogP contribution is 2.57. The van der Waals surface area contributed by atoms with Crippen LogP contribution in [-0.2, 0) is 9.53 Å². The molecule has 4 saturated carbocycles. The number of hydrogen-bond acceptors (Lipinski definition) is 4. The molecule has 5 rings (SSSR count). The molecule has 1 aromatic rings. The van der Waals surface area contributed by atoms with Crippen molar-refractivity contribution >= 4 is 11.9 Å². The molecule has 0 aliphatic heterocycles. The lowest BCUT2D eigenvalue weighted by Crippen LogP contribution is -2.62. The van der Waals surface area contributed by atoms with Gasteiger partial charge in [0.05, 0.1) is 12.5 Å². The summed E-state index contributed by atoms with van der Waals surface area (Å²) in [7, 11) is 0. The molecule has 6 nitrogen and oxygen atoms in total. The van der Waals surface area contributed by atoms with Crippen molar-refractivity contribution in [1.29, 1.82) is 5.26 Å². The first-order valence-corrected chi connectivity index (χ1v) is 9.57. The number of esters is 1. The Labute approximate surface area is 153 Å². The molecular formula is C20H25N3O3. The third-order valence-electron chi connectivity index (χ3n) is 6.47. The summed E-state index contributed by atoms with van der Waals surface area (Å²) < 4.78 is 5.23. The fourth-order valence-electron chi connectivity index (χ4n) is 5.92. The number of amides is 1. The Kier molecular flexibility index (Phi) is 4.47. The largest absolute Gasteiger partial charge is 0.451 e. The normalized spacial score (nSPS) is 31.4. The van der Waals surface area contributed by atoms with Crippen LogP contribution in [0.4, 0.5) is 0 Å². The minimum absolute atomic E-state index is 0.123. The predicted octanol–water partition coefficient (Wildman–Crippen LogP) is 2.88. The number of nitrogens with one attached hydrogen (secondary N) is 1. The molecule has 4 aliphatic carbocycles. The van der Waals surface area contributed by atoms with Crippen molar-refractivity contribution < 1.29 is 14.3 Å². The van der Waals surface area contributed by atoms with Crippen LogP contribution in [0.15, 0.2) is 18.3 Å². The van der Waals surface area contributed by atoms with Gasteiger partial charge in [0.1, 0.15) is 5.69 Å². The summed E-state index contributed by atoms with van der Waals surface area (Å²) in [5.41, 5.74) is 0.220. The van der Waals surface area contributed by atoms with Gasteiger partial charge in [-0.05, 0) is 68.4 Å². The first kappa shape index (κ1) is 17.1. The van der Waals surface area contributed by atoms with Crippen molar-refractivity contribution in [2.24, 2.45) is 17.8 Å². The molecule has 4 fully saturated rings. The predicted molar refractivity (Wildman–Crippen MR) is 93.9 cm³/mol. The first-order valence-electron chi connectivity index (χ1n) is 9.57. The molecular weight excluding hydrogens is 330 g/mol. The Hall–Kier alpha value is -2.29. The summed E-state index contributed by atoms with van der Waals surface area (Å²) >= 11 is 0. The maximum absolute atomic E-state index is 13.0. The van der Waals surface area contributed by atoms with E-state index in [2.05, 4.69) is 11.1 Å². The van der Waals surface area contributed by atoms with E-state index in [1.165, 1.54) is 19.3 Å². The van der Waals surface area contributed by atoms with Gasteiger partial charge >= 0.3 is 5.97 Å². The molecule has 1 heterocycles. The summed E-state index contributed by atoms with van der Waals surface area (Å²) in [6.07, 6.45) is 8.97. The van der Waals surface area contributed by atoms with E-state index in [9.17, 15) is 9.59 Å². The standard InChI is InChI=1S/C20H25N3O3/c21-4-2-6-23(18(24)13-26-19(25)17-3-1-5-22-17)20-10-14-7-15(11-20)9-16(8-14)12-20/h1,3,5,14-16,22H,2,6-13H2. The third-order valence-corrected chi connectivity index (χ3v) is 6.47. The fourth-order valence-corrected chi connectivity index (χ4v) is 5.92. The minimum atomic E-state index is -0.519. The van der Waals surface area contributed by atoms with Gasteiger partial charge in [-0.25, -0.2) is 4.79 Å². The van der Waals surface area contributed by atoms with Crippen molar-refractivity contribution in [2.75, 3.05) is 13.2 Å². The van der Waals surface area contributed by atoms with Gasteiger partial charge in [-0.2, -0.15) is 5.26 Å². The Bertz CT molecular complexity index is 684. The van der Waals surface area contributed by atoms with Crippen LogP contribution >= 0.6 is 0 Å². The zero-order valence-corrected chi connectivity index (χ0v) is 14.9. The van der Waals surface area contributed by atoms with Crippen LogP contribution in [0, 0.1) is 29.1 Å². The van der Waals surface area contributed by atoms with E-state index in [1.54, 1.807) is 18.3 Å². The van der Waals surface area contributed by atoms with Gasteiger partial charge in [0.15, 0.2) is 6.61 Å². The van der Waals surface area contributed by atoms with Crippen LogP contribution in [0.3, 0.4) is 0 Å². The van der Waals surface area contributed by atoms with Gasteiger partial charge < -0.3 is 14.6 Å². The van der Waals surface area contributed by atoms with E-state index in [0.29, 0.717) is 36.4 Å². The van der Waals surface area contributed by atoms with Gasteiger partial charge in [0.25, 0.3) is 5.91 Å². The molecule has 26 heavy (non-hydrogen) atoms. The fraction of sp³-hybridized carbons (Fsp3) is 0.650. The van der Waals surface area contributed by atoms with Gasteiger partial charge in [-0.3, -0.25) is 4.79 Å². The van der Waals surface area contributed by atoms with E-state index < -0.39 is 5.97 Å². The molecule has 138 valence electrons. The molecule has 1 N–H and O–H groups in total. The molecule has 0 atom stereocenters. The highest BCUT2D eigenvalue weighted by Gasteiger charge is 2.54. The van der Waals surface area contributed by atoms with Crippen LogP contribution < -0.4 is 0 Å². The van der Waals surface area contributed by atoms with Crippen molar-refractivity contribution in [2.45, 2.75) is 50.5 Å². The third kappa shape index (κ3) is 3.11. The average molecular weight is 355 g/mol. The second-order valence-electron chi connectivity index (χ2n) is 8.26. The molecule has 0 aromatic carbocycles. The molecule has 4 bridgehead atoms. The maximum atomic E-state index is 13.0. The number of rotatable bonds is 6. The molecule has 0 saturated heterocycles. The minimum Gasteiger partial charge on any atom is -0.451 e. The number of H-pyrrole nitrogens is 1. The molecule has 0 radical (unpaired) electrons. The zero-order valence-electron chi connectivity index (χ0n) is 14.9. The summed E-state index contributed by atoms with van der Waals surface area (Å²) in [5.74, 6) is 1.44. The van der Waals surface area contributed by atoms with E-state index in [1.807, 2.05) is 4.90 Å². The topological polar surface area (TPSA) is 86.2 Å². The average Bonchev–Trinajstić information content (AvgIpc) is 3.13. The Morgan fingerprint density at radius 1 is 1.23 bits per heavy atom. The zero-order chi connectivity index (χ0) is 18.1. The Morgan fingerprint density at radius 3 is 2.42 bits per heavy atom. The number of ether oxygens (including phenoxy) is 1. The SMILES string of the molecule is N#CCCN(C(=O)COC(=O)c1ccc[nH]1)C12CC3CC(CC(C3)C1)C2. The van der Waals surface area contributed by atoms with E-state index in [0.717, 1.165) is 19.3 Å². The molecule has 1 aromatic heterocycles. The number of aromatic amines is 1. The van der Waals surface area contributed by atoms with Crippen LogP contribution in [0.25, 0.3) is 0 Å². The number of hydrogen-bond donors (Lipinski definition) is 1. The van der Waals surface area contributed by atoms with Crippen molar-refractivity contribution in [3.8, 4) is 6.07 Å². The molecule has 0 unspecified atom stereocenters. The summed E-state index contributed by atoms with van der Waals surface area (Å²) in [5, 5.41) is 9.04. The molecule has 1 amide bonds. The summed E-state index contributed by atoms with van der Waals surface area (Å²) in [6.45, 7) is 0.173.